The van der Waals surface area contributed by atoms with Gasteiger partial charge < -0.3 is 38.4 Å². The Labute approximate surface area is 574 Å². The first-order valence-corrected chi connectivity index (χ1v) is 34.9. The Morgan fingerprint density at radius 2 is 0.989 bits per heavy atom. The van der Waals surface area contributed by atoms with Gasteiger partial charge in [0, 0.05) is 116 Å². The van der Waals surface area contributed by atoms with Gasteiger partial charge in [0.25, 0.3) is 0 Å². The van der Waals surface area contributed by atoms with Crippen molar-refractivity contribution in [2.75, 3.05) is 107 Å². The lowest BCUT2D eigenvalue weighted by molar-refractivity contribution is 0.122. The van der Waals surface area contributed by atoms with Gasteiger partial charge in [-0.2, -0.15) is 5.10 Å². The summed E-state index contributed by atoms with van der Waals surface area (Å²) in [5.74, 6) is 3.29. The van der Waals surface area contributed by atoms with Crippen molar-refractivity contribution in [2.45, 2.75) is 35.7 Å². The monoisotopic (exact) mass is 1570 g/mol. The lowest BCUT2D eigenvalue weighted by atomic mass is 10.1. The Kier molecular flexibility index (Phi) is 20.4. The normalized spacial score (nSPS) is 16.0. The lowest BCUT2D eigenvalue weighted by Gasteiger charge is -2.30. The van der Waals surface area contributed by atoms with Gasteiger partial charge in [0.15, 0.2) is 22.3 Å². The third kappa shape index (κ3) is 15.2. The van der Waals surface area contributed by atoms with E-state index in [-0.39, 0.29) is 0 Å². The third-order valence-electron chi connectivity index (χ3n) is 16.0. The van der Waals surface area contributed by atoms with Crippen LogP contribution in [0.4, 0.5) is 17.1 Å². The lowest BCUT2D eigenvalue weighted by Crippen LogP contribution is -2.36. The van der Waals surface area contributed by atoms with Crippen LogP contribution in [0.5, 0.6) is 11.5 Å². The molecule has 5 aliphatic rings. The van der Waals surface area contributed by atoms with Crippen molar-refractivity contribution in [1.82, 2.24) is 44.3 Å². The van der Waals surface area contributed by atoms with Crippen LogP contribution in [0, 0.1) is 15.4 Å². The van der Waals surface area contributed by atoms with Crippen molar-refractivity contribution in [3.05, 3.63) is 155 Å². The van der Waals surface area contributed by atoms with Crippen molar-refractivity contribution >= 4 is 172 Å². The largest absolute Gasteiger partial charge is 0.490 e. The maximum Gasteiger partial charge on any atom is 0.200 e. The molecule has 7 aromatic heterocycles. The van der Waals surface area contributed by atoms with Gasteiger partial charge in [-0.1, -0.05) is 71.0 Å². The van der Waals surface area contributed by atoms with Crippen LogP contribution in [0.15, 0.2) is 152 Å². The number of ether oxygens (including phenoxy) is 5. The fraction of sp³-hybridized carbons (Fsp3) is 0.318. The summed E-state index contributed by atoms with van der Waals surface area (Å²) < 4.78 is 37.0. The predicted octanol–water partition coefficient (Wildman–Crippen LogP) is 15.8. The molecule has 4 aromatic carbocycles. The van der Waals surface area contributed by atoms with Crippen LogP contribution in [0.3, 0.4) is 0 Å². The maximum absolute atomic E-state index is 6.50. The Hall–Kier alpha value is -5.67. The molecule has 3 saturated heterocycles. The molecule has 17 nitrogen and oxygen atoms in total. The Bertz CT molecular complexity index is 4370. The SMILES string of the molecule is Brc1ccc2ncc(N3CCOCC3)c(OCC3CC3)c2c1.Clc1c(I)cnc2ccc(Br)cc12.Clc1c(N2CCOCC2)cnc2ccc(Br)cc12.Cn1cc(-c2ccc3nnc(Sc4ccc5ncc(N6CCOCC6)c(OCC6CC6)c5c4)n3c2)cn1. The van der Waals surface area contributed by atoms with Gasteiger partial charge in [0.2, 0.25) is 0 Å². The van der Waals surface area contributed by atoms with Crippen LogP contribution in [0.2, 0.25) is 10.0 Å². The number of nitrogens with zero attached hydrogens (tertiary/aromatic N) is 12. The highest BCUT2D eigenvalue weighted by atomic mass is 127. The van der Waals surface area contributed by atoms with Crippen LogP contribution in [0.1, 0.15) is 25.7 Å². The van der Waals surface area contributed by atoms with Gasteiger partial charge >= 0.3 is 0 Å². The van der Waals surface area contributed by atoms with Crippen LogP contribution in [-0.4, -0.2) is 136 Å². The molecule has 0 bridgehead atoms. The van der Waals surface area contributed by atoms with E-state index in [4.69, 9.17) is 51.9 Å². The molecule has 16 rings (SSSR count). The molecule has 0 spiro atoms. The standard InChI is InChI=1S/C27H27N7O2S.C17H19BrN2O2.C13H12BrClN2O.C9H4BrClIN/c1-32-15-20(13-29-32)19-4-7-25-30-31-27(34(25)16-19)37-21-5-6-23-22(12-21)26(36-17-18-2-3-18)24(14-28-23)33-8-10-35-11-9-33;18-13-3-4-15-14(9-13)17(22-11-12-1-2-12)16(10-19-15)20-5-7-21-8-6-20;14-9-1-2-11-10(7-9)13(15)12(8-16-11)17-3-5-18-6-4-17;10-5-1-2-8-6(3-5)9(11)7(12)4-13-8/h4-7,12-16,18H,2-3,8-11,17H2,1H3;3-4,9-10,12H,1-2,5-8,11H2;1-2,7-8H,3-6H2;1-4H. The molecule has 11 aromatic rings. The zero-order valence-corrected chi connectivity index (χ0v) is 58.3. The van der Waals surface area contributed by atoms with Crippen LogP contribution in [-0.2, 0) is 21.3 Å². The van der Waals surface area contributed by atoms with Crippen LogP contribution in [0.25, 0.3) is 60.4 Å². The molecule has 0 unspecified atom stereocenters. The molecule has 0 N–H and O–H groups in total. The van der Waals surface area contributed by atoms with E-state index in [9.17, 15) is 0 Å². The fourth-order valence-electron chi connectivity index (χ4n) is 10.7. The van der Waals surface area contributed by atoms with Gasteiger partial charge in [-0.15, -0.1) is 10.2 Å². The summed E-state index contributed by atoms with van der Waals surface area (Å²) in [5.41, 5.74) is 9.81. The summed E-state index contributed by atoms with van der Waals surface area (Å²) in [5, 5.41) is 19.6. The van der Waals surface area contributed by atoms with Gasteiger partial charge in [-0.05, 0) is 157 Å². The first-order chi connectivity index (χ1) is 44.0. The van der Waals surface area contributed by atoms with Crippen molar-refractivity contribution in [2.24, 2.45) is 18.9 Å². The predicted molar refractivity (Wildman–Crippen MR) is 378 cm³/mol. The van der Waals surface area contributed by atoms with Gasteiger partial charge in [0.05, 0.1) is 130 Å². The van der Waals surface area contributed by atoms with E-state index >= 15 is 0 Å². The number of hydrogen-bond donors (Lipinski definition) is 0. The average Bonchev–Trinajstić information content (AvgIpc) is 3.30. The second-order valence-corrected chi connectivity index (χ2v) is 28.1. The minimum atomic E-state index is 0.662. The Balaban J connectivity index is 0.000000119. The van der Waals surface area contributed by atoms with Crippen molar-refractivity contribution in [3.63, 3.8) is 0 Å². The van der Waals surface area contributed by atoms with Gasteiger partial charge in [-0.3, -0.25) is 29.0 Å². The molecule has 3 aliphatic heterocycles. The molecule has 2 saturated carbocycles. The summed E-state index contributed by atoms with van der Waals surface area (Å²) in [7, 11) is 1.92. The molecule has 10 heterocycles. The number of halogens is 6. The summed E-state index contributed by atoms with van der Waals surface area (Å²) in [6, 6.07) is 28.4. The zero-order chi connectivity index (χ0) is 61.7. The van der Waals surface area contributed by atoms with Crippen molar-refractivity contribution < 1.29 is 23.7 Å². The minimum Gasteiger partial charge on any atom is -0.490 e. The number of pyridine rings is 5. The topological polar surface area (TPSA) is 155 Å². The van der Waals surface area contributed by atoms with Crippen LogP contribution < -0.4 is 24.2 Å². The first kappa shape index (κ1) is 63.1. The van der Waals surface area contributed by atoms with E-state index < -0.39 is 0 Å². The molecule has 24 heteroatoms. The number of hydrogen-bond acceptors (Lipinski definition) is 16. The molecular formula is C66H62Br3Cl2IN12O5S. The summed E-state index contributed by atoms with van der Waals surface area (Å²) in [4.78, 5) is 26.1. The number of rotatable bonds is 12. The van der Waals surface area contributed by atoms with Crippen molar-refractivity contribution in [1.29, 1.82) is 0 Å². The van der Waals surface area contributed by atoms with E-state index in [1.54, 1.807) is 22.6 Å². The highest BCUT2D eigenvalue weighted by Crippen LogP contribution is 2.42. The molecule has 0 radical (unpaired) electrons. The quantitative estimate of drug-likeness (QED) is 0.106. The maximum atomic E-state index is 6.50. The van der Waals surface area contributed by atoms with E-state index in [1.165, 1.54) is 25.7 Å². The molecule has 90 heavy (non-hydrogen) atoms. The fourth-order valence-corrected chi connectivity index (χ4v) is 13.6. The third-order valence-corrected chi connectivity index (χ3v) is 20.4. The van der Waals surface area contributed by atoms with Crippen molar-refractivity contribution in [3.8, 4) is 22.6 Å². The number of morpholine rings is 3. The number of benzene rings is 4. The number of fused-ring (bicyclic) bond motifs is 5. The first-order valence-electron chi connectivity index (χ1n) is 29.9. The van der Waals surface area contributed by atoms with Gasteiger partial charge in [-0.25, -0.2) is 0 Å². The summed E-state index contributed by atoms with van der Waals surface area (Å²) >= 11 is 26.8. The molecule has 464 valence electrons. The number of anilines is 3. The molecule has 0 amide bonds. The highest BCUT2D eigenvalue weighted by molar-refractivity contribution is 14.1. The van der Waals surface area contributed by atoms with E-state index in [1.807, 2.05) is 103 Å². The number of aryl methyl sites for hydroxylation is 1. The Morgan fingerprint density at radius 3 is 1.51 bits per heavy atom. The smallest absolute Gasteiger partial charge is 0.200 e. The summed E-state index contributed by atoms with van der Waals surface area (Å²) in [6.45, 7) is 11.2. The average molecular weight is 1570 g/mol. The second kappa shape index (κ2) is 29.1. The van der Waals surface area contributed by atoms with E-state index in [0.717, 1.165) is 224 Å². The zero-order valence-electron chi connectivity index (χ0n) is 49.1. The van der Waals surface area contributed by atoms with E-state index in [0.29, 0.717) is 5.92 Å². The van der Waals surface area contributed by atoms with Gasteiger partial charge in [0.1, 0.15) is 0 Å². The minimum absolute atomic E-state index is 0.662. The Morgan fingerprint density at radius 1 is 0.522 bits per heavy atom. The number of aromatic nitrogens is 9. The molecule has 2 aliphatic carbocycles. The molecular weight excluding hydrogens is 1510 g/mol. The van der Waals surface area contributed by atoms with E-state index in [2.05, 4.69) is 146 Å². The second-order valence-electron chi connectivity index (χ2n) is 22.4. The highest BCUT2D eigenvalue weighted by Gasteiger charge is 2.27. The molecule has 5 fully saturated rings. The van der Waals surface area contributed by atoms with Crippen LogP contribution >= 0.6 is 105 Å². The summed E-state index contributed by atoms with van der Waals surface area (Å²) in [6.07, 6.45) is 18.5. The molecule has 0 atom stereocenters.